The minimum absolute atomic E-state index is 0.0560. The van der Waals surface area contributed by atoms with Crippen LogP contribution in [0, 0.1) is 11.2 Å². The summed E-state index contributed by atoms with van der Waals surface area (Å²) in [6.07, 6.45) is 2.63. The Kier molecular flexibility index (Phi) is 5.02. The Labute approximate surface area is 172 Å². The number of fused-ring (bicyclic) bond motifs is 3. The number of thiophene rings is 1. The predicted molar refractivity (Wildman–Crippen MR) is 113 cm³/mol. The number of benzene rings is 1. The maximum atomic E-state index is 14.0. The van der Waals surface area contributed by atoms with Crippen molar-refractivity contribution in [1.82, 2.24) is 14.5 Å². The van der Waals surface area contributed by atoms with E-state index in [2.05, 4.69) is 25.8 Å². The van der Waals surface area contributed by atoms with Crippen LogP contribution in [0.3, 0.4) is 0 Å². The summed E-state index contributed by atoms with van der Waals surface area (Å²) in [6.45, 7) is 7.45. The van der Waals surface area contributed by atoms with Crippen molar-refractivity contribution >= 4 is 27.5 Å². The molecule has 1 aromatic carbocycles. The maximum Gasteiger partial charge on any atom is 0.262 e. The molecule has 0 bridgehead atoms. The standard InChI is InChI=1S/C22H24FN3O2S/c1-22(2,3)10-18(27)25-9-8-15-17(12-25)29-20-19(15)21(28)26(13-24-20)11-14-6-4-5-7-16(14)23/h4-7,13H,8-12H2,1-3H3. The van der Waals surface area contributed by atoms with Gasteiger partial charge in [-0.2, -0.15) is 0 Å². The summed E-state index contributed by atoms with van der Waals surface area (Å²) >= 11 is 1.48. The van der Waals surface area contributed by atoms with Crippen molar-refractivity contribution in [3.05, 3.63) is 62.8 Å². The fraction of sp³-hybridized carbons (Fsp3) is 0.409. The molecule has 7 heteroatoms. The minimum atomic E-state index is -0.333. The molecule has 0 unspecified atom stereocenters. The van der Waals surface area contributed by atoms with Crippen molar-refractivity contribution in [3.8, 4) is 0 Å². The Morgan fingerprint density at radius 2 is 2.03 bits per heavy atom. The summed E-state index contributed by atoms with van der Waals surface area (Å²) in [5.74, 6) is -0.189. The Bertz CT molecular complexity index is 1140. The first-order valence-corrected chi connectivity index (χ1v) is 10.6. The van der Waals surface area contributed by atoms with Crippen molar-refractivity contribution in [1.29, 1.82) is 0 Å². The van der Waals surface area contributed by atoms with E-state index in [1.165, 1.54) is 28.3 Å². The fourth-order valence-corrected chi connectivity index (χ4v) is 4.91. The highest BCUT2D eigenvalue weighted by Gasteiger charge is 2.28. The average molecular weight is 414 g/mol. The highest BCUT2D eigenvalue weighted by atomic mass is 32.1. The summed E-state index contributed by atoms with van der Waals surface area (Å²) < 4.78 is 15.5. The van der Waals surface area contributed by atoms with E-state index >= 15 is 0 Å². The molecule has 5 nitrogen and oxygen atoms in total. The molecule has 1 aliphatic rings. The smallest absolute Gasteiger partial charge is 0.262 e. The molecule has 0 saturated carbocycles. The van der Waals surface area contributed by atoms with E-state index in [-0.39, 0.29) is 29.2 Å². The first-order chi connectivity index (χ1) is 13.7. The zero-order valence-electron chi connectivity index (χ0n) is 16.9. The first kappa shape index (κ1) is 19.8. The quantitative estimate of drug-likeness (QED) is 0.653. The second kappa shape index (κ2) is 7.37. The Morgan fingerprint density at radius 1 is 1.28 bits per heavy atom. The van der Waals surface area contributed by atoms with Gasteiger partial charge >= 0.3 is 0 Å². The number of amides is 1. The van der Waals surface area contributed by atoms with Crippen molar-refractivity contribution in [2.75, 3.05) is 6.54 Å². The van der Waals surface area contributed by atoms with Gasteiger partial charge in [-0.15, -0.1) is 11.3 Å². The molecule has 0 N–H and O–H groups in total. The van der Waals surface area contributed by atoms with Gasteiger partial charge in [0.15, 0.2) is 0 Å². The predicted octanol–water partition coefficient (Wildman–Crippen LogP) is 3.97. The third kappa shape index (κ3) is 3.96. The Hall–Kier alpha value is -2.54. The van der Waals surface area contributed by atoms with Crippen LogP contribution in [0.1, 0.15) is 43.2 Å². The number of carbonyl (C=O) groups excluding carboxylic acids is 1. The van der Waals surface area contributed by atoms with Crippen LogP contribution in [0.5, 0.6) is 0 Å². The topological polar surface area (TPSA) is 55.2 Å². The van der Waals surface area contributed by atoms with Gasteiger partial charge in [-0.05, 0) is 23.5 Å². The molecule has 0 aliphatic carbocycles. The van der Waals surface area contributed by atoms with Gasteiger partial charge in [-0.3, -0.25) is 14.2 Å². The van der Waals surface area contributed by atoms with Gasteiger partial charge in [-0.1, -0.05) is 39.0 Å². The largest absolute Gasteiger partial charge is 0.337 e. The van der Waals surface area contributed by atoms with Gasteiger partial charge in [0, 0.05) is 23.4 Å². The lowest BCUT2D eigenvalue weighted by Gasteiger charge is -2.29. The molecule has 3 aromatic rings. The van der Waals surface area contributed by atoms with Crippen LogP contribution < -0.4 is 5.56 Å². The van der Waals surface area contributed by atoms with Gasteiger partial charge in [0.25, 0.3) is 5.56 Å². The molecule has 1 amide bonds. The number of halogens is 1. The summed E-state index contributed by atoms with van der Waals surface area (Å²) in [6, 6.07) is 6.45. The van der Waals surface area contributed by atoms with E-state index in [1.54, 1.807) is 18.2 Å². The molecule has 0 saturated heterocycles. The van der Waals surface area contributed by atoms with Gasteiger partial charge in [-0.25, -0.2) is 9.37 Å². The number of rotatable bonds is 3. The zero-order chi connectivity index (χ0) is 20.8. The van der Waals surface area contributed by atoms with E-state index in [4.69, 9.17) is 0 Å². The molecule has 1 aliphatic heterocycles. The van der Waals surface area contributed by atoms with Crippen LogP contribution in [0.15, 0.2) is 35.4 Å². The van der Waals surface area contributed by atoms with Crippen molar-refractivity contribution in [2.24, 2.45) is 5.41 Å². The third-order valence-corrected chi connectivity index (χ3v) is 6.28. The van der Waals surface area contributed by atoms with Crippen LogP contribution in [-0.2, 0) is 24.3 Å². The van der Waals surface area contributed by atoms with E-state index in [1.807, 2.05) is 4.90 Å². The molecule has 29 heavy (non-hydrogen) atoms. The average Bonchev–Trinajstić information content (AvgIpc) is 3.02. The Morgan fingerprint density at radius 3 is 2.76 bits per heavy atom. The molecule has 0 spiro atoms. The lowest BCUT2D eigenvalue weighted by molar-refractivity contribution is -0.133. The van der Waals surface area contributed by atoms with Crippen LogP contribution in [0.25, 0.3) is 10.2 Å². The van der Waals surface area contributed by atoms with Crippen molar-refractivity contribution in [3.63, 3.8) is 0 Å². The van der Waals surface area contributed by atoms with Crippen LogP contribution in [0.2, 0.25) is 0 Å². The molecule has 0 radical (unpaired) electrons. The van der Waals surface area contributed by atoms with E-state index < -0.39 is 0 Å². The third-order valence-electron chi connectivity index (χ3n) is 5.16. The van der Waals surface area contributed by atoms with Gasteiger partial charge in [0.05, 0.1) is 24.8 Å². The number of nitrogens with zero attached hydrogens (tertiary/aromatic N) is 3. The summed E-state index contributed by atoms with van der Waals surface area (Å²) in [4.78, 5) is 33.8. The zero-order valence-corrected chi connectivity index (χ0v) is 17.7. The van der Waals surface area contributed by atoms with Crippen molar-refractivity contribution < 1.29 is 9.18 Å². The molecule has 4 rings (SSSR count). The number of aromatic nitrogens is 2. The molecule has 152 valence electrons. The molecule has 3 heterocycles. The molecular formula is C22H24FN3O2S. The summed E-state index contributed by atoms with van der Waals surface area (Å²) in [7, 11) is 0. The second-order valence-corrected chi connectivity index (χ2v) is 9.84. The van der Waals surface area contributed by atoms with E-state index in [0.29, 0.717) is 41.7 Å². The molecule has 0 atom stereocenters. The van der Waals surface area contributed by atoms with Crippen LogP contribution in [0.4, 0.5) is 4.39 Å². The Balaban J connectivity index is 1.65. The number of hydrogen-bond acceptors (Lipinski definition) is 4. The molecule has 2 aromatic heterocycles. The van der Waals surface area contributed by atoms with Crippen molar-refractivity contribution in [2.45, 2.75) is 46.7 Å². The van der Waals surface area contributed by atoms with Crippen LogP contribution in [-0.4, -0.2) is 26.9 Å². The normalized spacial score (nSPS) is 14.3. The van der Waals surface area contributed by atoms with Gasteiger partial charge in [0.2, 0.25) is 5.91 Å². The highest BCUT2D eigenvalue weighted by Crippen LogP contribution is 2.33. The second-order valence-electron chi connectivity index (χ2n) is 8.76. The highest BCUT2D eigenvalue weighted by molar-refractivity contribution is 7.18. The van der Waals surface area contributed by atoms with Crippen LogP contribution >= 0.6 is 11.3 Å². The molecule has 0 fully saturated rings. The minimum Gasteiger partial charge on any atom is -0.337 e. The molecular weight excluding hydrogens is 389 g/mol. The maximum absolute atomic E-state index is 14.0. The number of hydrogen-bond donors (Lipinski definition) is 0. The van der Waals surface area contributed by atoms with Gasteiger partial charge < -0.3 is 4.90 Å². The first-order valence-electron chi connectivity index (χ1n) is 9.74. The van der Waals surface area contributed by atoms with E-state index in [9.17, 15) is 14.0 Å². The monoisotopic (exact) mass is 413 g/mol. The summed E-state index contributed by atoms with van der Waals surface area (Å²) in [5.41, 5.74) is 1.24. The van der Waals surface area contributed by atoms with Gasteiger partial charge in [0.1, 0.15) is 10.6 Å². The SMILES string of the molecule is CC(C)(C)CC(=O)N1CCc2c(sc3ncn(Cc4ccccc4F)c(=O)c23)C1. The lowest BCUT2D eigenvalue weighted by Crippen LogP contribution is -2.37. The van der Waals surface area contributed by atoms with E-state index in [0.717, 1.165) is 10.4 Å². The fourth-order valence-electron chi connectivity index (χ4n) is 3.72. The lowest BCUT2D eigenvalue weighted by atomic mass is 9.91. The number of carbonyl (C=O) groups is 1. The summed E-state index contributed by atoms with van der Waals surface area (Å²) in [5, 5.41) is 0.617.